The van der Waals surface area contributed by atoms with Gasteiger partial charge in [0.15, 0.2) is 5.78 Å². The normalized spacial score (nSPS) is 17.5. The molecule has 2 heterocycles. The van der Waals surface area contributed by atoms with Gasteiger partial charge in [-0.3, -0.25) is 14.9 Å². The molecular weight excluding hydrogens is 450 g/mol. The highest BCUT2D eigenvalue weighted by Crippen LogP contribution is 2.41. The Balaban J connectivity index is 1.52. The van der Waals surface area contributed by atoms with Gasteiger partial charge in [0.05, 0.1) is 4.92 Å². The van der Waals surface area contributed by atoms with Crippen LogP contribution in [0, 0.1) is 10.1 Å². The summed E-state index contributed by atoms with van der Waals surface area (Å²) >= 11 is 7.43. The molecule has 0 amide bonds. The number of hydrogen-bond donors (Lipinski definition) is 1. The van der Waals surface area contributed by atoms with E-state index in [0.717, 1.165) is 24.1 Å². The third kappa shape index (κ3) is 3.89. The number of fused-ring (bicyclic) bond motifs is 1. The van der Waals surface area contributed by atoms with Crippen molar-refractivity contribution in [3.63, 3.8) is 0 Å². The van der Waals surface area contributed by atoms with E-state index in [-0.39, 0.29) is 11.5 Å². The Morgan fingerprint density at radius 3 is 2.81 bits per heavy atom. The molecule has 10 heteroatoms. The zero-order valence-electron chi connectivity index (χ0n) is 16.8. The molecule has 0 bridgehead atoms. The summed E-state index contributed by atoms with van der Waals surface area (Å²) in [6.45, 7) is 0. The Morgan fingerprint density at radius 2 is 2.03 bits per heavy atom. The molecule has 2 aromatic carbocycles. The van der Waals surface area contributed by atoms with Gasteiger partial charge in [0.25, 0.3) is 5.69 Å². The summed E-state index contributed by atoms with van der Waals surface area (Å²) in [6, 6.07) is 13.4. The van der Waals surface area contributed by atoms with E-state index in [1.165, 1.54) is 23.9 Å². The zero-order chi connectivity index (χ0) is 22.2. The van der Waals surface area contributed by atoms with Gasteiger partial charge in [0, 0.05) is 40.6 Å². The molecule has 1 aliphatic heterocycles. The first-order valence-electron chi connectivity index (χ1n) is 10.1. The van der Waals surface area contributed by atoms with Gasteiger partial charge in [-0.05, 0) is 36.1 Å². The summed E-state index contributed by atoms with van der Waals surface area (Å²) in [5, 5.41) is 20.5. The molecule has 8 nitrogen and oxygen atoms in total. The third-order valence-electron chi connectivity index (χ3n) is 5.53. The predicted octanol–water partition coefficient (Wildman–Crippen LogP) is 5.15. The Hall–Kier alpha value is -3.17. The fourth-order valence-electron chi connectivity index (χ4n) is 4.04. The Kier molecular flexibility index (Phi) is 5.44. The van der Waals surface area contributed by atoms with Crippen molar-refractivity contribution in [2.24, 2.45) is 0 Å². The molecule has 0 radical (unpaired) electrons. The van der Waals surface area contributed by atoms with Crippen molar-refractivity contribution >= 4 is 40.8 Å². The van der Waals surface area contributed by atoms with Crippen molar-refractivity contribution in [2.45, 2.75) is 36.2 Å². The van der Waals surface area contributed by atoms with Gasteiger partial charge >= 0.3 is 0 Å². The topological polar surface area (TPSA) is 103 Å². The number of non-ortho nitro benzene ring substituents is 1. The number of anilines is 1. The zero-order valence-corrected chi connectivity index (χ0v) is 18.4. The molecule has 3 aromatic rings. The molecule has 0 spiro atoms. The second kappa shape index (κ2) is 8.40. The highest BCUT2D eigenvalue weighted by Gasteiger charge is 2.37. The van der Waals surface area contributed by atoms with E-state index in [1.54, 1.807) is 16.8 Å². The lowest BCUT2D eigenvalue weighted by Gasteiger charge is -2.32. The van der Waals surface area contributed by atoms with Crippen molar-refractivity contribution in [1.29, 1.82) is 0 Å². The molecule has 1 N–H and O–H groups in total. The molecule has 1 aromatic heterocycles. The molecule has 0 saturated carbocycles. The summed E-state index contributed by atoms with van der Waals surface area (Å²) in [5.41, 5.74) is 3.15. The number of ketones is 1. The Bertz CT molecular complexity index is 1250. The number of nitrogens with one attached hydrogen (secondary N) is 1. The summed E-state index contributed by atoms with van der Waals surface area (Å²) in [5.74, 6) is 1.23. The predicted molar refractivity (Wildman–Crippen MR) is 122 cm³/mol. The number of aromatic nitrogens is 3. The number of allylic oxidation sites excluding steroid dienone is 2. The van der Waals surface area contributed by atoms with Crippen molar-refractivity contribution in [2.75, 3.05) is 5.32 Å². The van der Waals surface area contributed by atoms with Crippen LogP contribution in [0.1, 0.15) is 36.4 Å². The number of carbonyl (C=O) groups excluding carboxylic acids is 1. The van der Waals surface area contributed by atoms with Crippen LogP contribution in [0.25, 0.3) is 0 Å². The quantitative estimate of drug-likeness (QED) is 0.314. The van der Waals surface area contributed by atoms with Crippen LogP contribution in [0.3, 0.4) is 0 Å². The smallest absolute Gasteiger partial charge is 0.269 e. The van der Waals surface area contributed by atoms with E-state index in [0.29, 0.717) is 39.4 Å². The molecule has 32 heavy (non-hydrogen) atoms. The van der Waals surface area contributed by atoms with E-state index < -0.39 is 11.0 Å². The Labute approximate surface area is 192 Å². The molecule has 2 aliphatic rings. The standard InChI is InChI=1S/C22H18ClN5O3S/c23-15-9-7-13(8-10-15)12-32-22-25-21-24-17-5-2-6-18(29)19(17)20(27(21)26-22)14-3-1-4-16(11-14)28(30)31/h1,3-4,7-11,20H,2,5-6,12H2,(H,24,25,26)/t20-/m1/s1. The molecular formula is C22H18ClN5O3S. The minimum absolute atomic E-state index is 0.0227. The summed E-state index contributed by atoms with van der Waals surface area (Å²) < 4.78 is 1.67. The highest BCUT2D eigenvalue weighted by atomic mass is 35.5. The van der Waals surface area contributed by atoms with Crippen molar-refractivity contribution < 1.29 is 9.72 Å². The van der Waals surface area contributed by atoms with Gasteiger partial charge in [-0.15, -0.1) is 5.10 Å². The van der Waals surface area contributed by atoms with Crippen LogP contribution < -0.4 is 5.32 Å². The summed E-state index contributed by atoms with van der Waals surface area (Å²) in [4.78, 5) is 28.4. The Morgan fingerprint density at radius 1 is 1.22 bits per heavy atom. The first-order chi connectivity index (χ1) is 15.5. The van der Waals surface area contributed by atoms with Gasteiger partial charge in [-0.1, -0.05) is 47.6 Å². The van der Waals surface area contributed by atoms with Crippen molar-refractivity contribution in [1.82, 2.24) is 14.8 Å². The second-order valence-corrected chi connectivity index (χ2v) is 9.01. The maximum atomic E-state index is 12.9. The largest absolute Gasteiger partial charge is 0.328 e. The van der Waals surface area contributed by atoms with Crippen molar-refractivity contribution in [3.05, 3.63) is 86.1 Å². The summed E-state index contributed by atoms with van der Waals surface area (Å²) in [6.07, 6.45) is 1.94. The molecule has 1 atom stereocenters. The number of nitro groups is 1. The molecule has 0 saturated heterocycles. The number of benzene rings is 2. The third-order valence-corrected chi connectivity index (χ3v) is 6.69. The monoisotopic (exact) mass is 467 g/mol. The number of rotatable bonds is 5. The fourth-order valence-corrected chi connectivity index (χ4v) is 4.95. The van der Waals surface area contributed by atoms with Crippen LogP contribution >= 0.6 is 23.4 Å². The number of thioether (sulfide) groups is 1. The van der Waals surface area contributed by atoms with Crippen LogP contribution in [0.15, 0.2) is 65.0 Å². The minimum Gasteiger partial charge on any atom is -0.328 e. The number of carbonyl (C=O) groups is 1. The second-order valence-electron chi connectivity index (χ2n) is 7.63. The maximum absolute atomic E-state index is 12.9. The molecule has 162 valence electrons. The van der Waals surface area contributed by atoms with E-state index in [4.69, 9.17) is 11.6 Å². The first kappa shape index (κ1) is 20.7. The number of hydrogen-bond acceptors (Lipinski definition) is 7. The highest BCUT2D eigenvalue weighted by molar-refractivity contribution is 7.98. The molecule has 5 rings (SSSR count). The van der Waals surface area contributed by atoms with Crippen LogP contribution in [0.4, 0.5) is 11.6 Å². The number of Topliss-reactive ketones (excluding diaryl/α,β-unsaturated/α-hetero) is 1. The van der Waals surface area contributed by atoms with Crippen LogP contribution in [-0.4, -0.2) is 25.5 Å². The van der Waals surface area contributed by atoms with Gasteiger partial charge in [0.2, 0.25) is 11.1 Å². The van der Waals surface area contributed by atoms with Crippen LogP contribution in [0.2, 0.25) is 5.02 Å². The van der Waals surface area contributed by atoms with Gasteiger partial charge in [-0.2, -0.15) is 4.98 Å². The molecule has 0 fully saturated rings. The van der Waals surface area contributed by atoms with Gasteiger partial charge < -0.3 is 5.32 Å². The van der Waals surface area contributed by atoms with E-state index in [9.17, 15) is 14.9 Å². The van der Waals surface area contributed by atoms with Gasteiger partial charge in [-0.25, -0.2) is 4.68 Å². The SMILES string of the molecule is O=C1CCCC2=C1[C@@H](c1cccc([N+](=O)[O-])c1)n1nc(SCc3ccc(Cl)cc3)nc1N2. The number of nitro benzene ring substituents is 1. The summed E-state index contributed by atoms with van der Waals surface area (Å²) in [7, 11) is 0. The van der Waals surface area contributed by atoms with E-state index >= 15 is 0 Å². The van der Waals surface area contributed by atoms with Gasteiger partial charge in [0.1, 0.15) is 6.04 Å². The van der Waals surface area contributed by atoms with Crippen molar-refractivity contribution in [3.8, 4) is 0 Å². The van der Waals surface area contributed by atoms with E-state index in [2.05, 4.69) is 15.4 Å². The average Bonchev–Trinajstić information content (AvgIpc) is 3.20. The van der Waals surface area contributed by atoms with E-state index in [1.807, 2.05) is 24.3 Å². The number of halogens is 1. The van der Waals surface area contributed by atoms with Crippen LogP contribution in [0.5, 0.6) is 0 Å². The molecule has 0 unspecified atom stereocenters. The lowest BCUT2D eigenvalue weighted by Crippen LogP contribution is -2.31. The maximum Gasteiger partial charge on any atom is 0.269 e. The molecule has 1 aliphatic carbocycles. The lowest BCUT2D eigenvalue weighted by molar-refractivity contribution is -0.384. The lowest BCUT2D eigenvalue weighted by atomic mass is 9.85. The minimum atomic E-state index is -0.550. The fraction of sp³-hybridized carbons (Fsp3) is 0.227. The van der Waals surface area contributed by atoms with Crippen LogP contribution in [-0.2, 0) is 10.5 Å². The average molecular weight is 468 g/mol. The number of nitrogens with zero attached hydrogens (tertiary/aromatic N) is 4. The first-order valence-corrected chi connectivity index (χ1v) is 11.5.